The number of allylic oxidation sites excluding steroid dienone is 1. The van der Waals surface area contributed by atoms with E-state index in [2.05, 4.69) is 33.4 Å². The standard InChI is InChI=1S/C27H56ClP/c1-5-9-12-15-18-21-25-29(28,24-8-4,26-22-19-16-13-10-6-2)27-23-20-17-14-11-7-3/h8H,4-7,9-27H2,1-3H3. The van der Waals surface area contributed by atoms with Crippen LogP contribution in [0.2, 0.25) is 0 Å². The fourth-order valence-electron chi connectivity index (χ4n) is 4.79. The van der Waals surface area contributed by atoms with E-state index in [1.165, 1.54) is 134 Å². The molecule has 0 unspecified atom stereocenters. The van der Waals surface area contributed by atoms with Crippen LogP contribution in [0, 0.1) is 0 Å². The van der Waals surface area contributed by atoms with Crippen molar-refractivity contribution in [2.75, 3.05) is 24.6 Å². The molecule has 0 aliphatic heterocycles. The van der Waals surface area contributed by atoms with Crippen LogP contribution in [0.25, 0.3) is 0 Å². The van der Waals surface area contributed by atoms with Gasteiger partial charge >= 0.3 is 191 Å². The molecular weight excluding hydrogens is 391 g/mol. The topological polar surface area (TPSA) is 0 Å². The normalized spacial score (nSPS) is 13.3. The van der Waals surface area contributed by atoms with Crippen LogP contribution in [0.15, 0.2) is 12.7 Å². The Hall–Kier alpha value is 0.460. The van der Waals surface area contributed by atoms with E-state index >= 15 is 0 Å². The van der Waals surface area contributed by atoms with Gasteiger partial charge < -0.3 is 0 Å². The van der Waals surface area contributed by atoms with Gasteiger partial charge in [-0.3, -0.25) is 0 Å². The first kappa shape index (κ1) is 29.5. The molecule has 0 aromatic carbocycles. The molecule has 2 heteroatoms. The van der Waals surface area contributed by atoms with Crippen molar-refractivity contribution in [1.29, 1.82) is 0 Å². The second-order valence-electron chi connectivity index (χ2n) is 9.77. The van der Waals surface area contributed by atoms with Crippen LogP contribution < -0.4 is 0 Å². The second-order valence-corrected chi connectivity index (χ2v) is 18.0. The van der Waals surface area contributed by atoms with E-state index in [9.17, 15) is 0 Å². The van der Waals surface area contributed by atoms with E-state index in [0.717, 1.165) is 6.16 Å². The Morgan fingerprint density at radius 3 is 1.07 bits per heavy atom. The molecule has 0 N–H and O–H groups in total. The molecule has 0 aliphatic carbocycles. The summed E-state index contributed by atoms with van der Waals surface area (Å²) in [6, 6.07) is 0. The molecule has 0 radical (unpaired) electrons. The van der Waals surface area contributed by atoms with E-state index < -0.39 is 5.96 Å². The predicted molar refractivity (Wildman–Crippen MR) is 143 cm³/mol. The van der Waals surface area contributed by atoms with Crippen LogP contribution >= 0.6 is 17.2 Å². The van der Waals surface area contributed by atoms with Crippen LogP contribution in [0.1, 0.15) is 136 Å². The summed E-state index contributed by atoms with van der Waals surface area (Å²) in [6.45, 7) is 11.1. The third-order valence-corrected chi connectivity index (χ3v) is 14.2. The Morgan fingerprint density at radius 2 is 0.793 bits per heavy atom. The average molecular weight is 447 g/mol. The van der Waals surface area contributed by atoms with Gasteiger partial charge in [-0.2, -0.15) is 0 Å². The number of hydrogen-bond donors (Lipinski definition) is 0. The van der Waals surface area contributed by atoms with Crippen LogP contribution in [-0.2, 0) is 0 Å². The summed E-state index contributed by atoms with van der Waals surface area (Å²) < 4.78 is 0. The summed E-state index contributed by atoms with van der Waals surface area (Å²) >= 11 is 7.78. The summed E-state index contributed by atoms with van der Waals surface area (Å²) in [5, 5.41) is 0. The van der Waals surface area contributed by atoms with Gasteiger partial charge in [-0.05, 0) is 0 Å². The Labute approximate surface area is 190 Å². The number of rotatable bonds is 23. The van der Waals surface area contributed by atoms with Gasteiger partial charge in [-0.15, -0.1) is 0 Å². The van der Waals surface area contributed by atoms with E-state index in [4.69, 9.17) is 11.2 Å². The zero-order valence-corrected chi connectivity index (χ0v) is 22.3. The van der Waals surface area contributed by atoms with Crippen molar-refractivity contribution < 1.29 is 0 Å². The fraction of sp³-hybridized carbons (Fsp3) is 0.926. The molecule has 0 saturated carbocycles. The van der Waals surface area contributed by atoms with Crippen molar-refractivity contribution in [3.63, 3.8) is 0 Å². The van der Waals surface area contributed by atoms with Gasteiger partial charge in [0.15, 0.2) is 0 Å². The molecule has 0 saturated heterocycles. The van der Waals surface area contributed by atoms with Crippen molar-refractivity contribution >= 4 is 17.2 Å². The summed E-state index contributed by atoms with van der Waals surface area (Å²) in [4.78, 5) is 0. The zero-order valence-electron chi connectivity index (χ0n) is 20.7. The first-order chi connectivity index (χ1) is 14.0. The third-order valence-electron chi connectivity index (χ3n) is 6.80. The van der Waals surface area contributed by atoms with Gasteiger partial charge in [0, 0.05) is 0 Å². The molecule has 0 nitrogen and oxygen atoms in total. The molecule has 0 fully saturated rings. The first-order valence-electron chi connectivity index (χ1n) is 13.4. The van der Waals surface area contributed by atoms with E-state index in [1.807, 2.05) is 0 Å². The molecule has 0 bridgehead atoms. The Bertz CT molecular complexity index is 322. The molecule has 0 aromatic rings. The number of unbranched alkanes of at least 4 members (excludes halogenated alkanes) is 15. The van der Waals surface area contributed by atoms with Crippen LogP contribution in [0.5, 0.6) is 0 Å². The predicted octanol–water partition coefficient (Wildman–Crippen LogP) is 11.0. The molecule has 0 spiro atoms. The average Bonchev–Trinajstić information content (AvgIpc) is 2.71. The second kappa shape index (κ2) is 19.2. The monoisotopic (exact) mass is 446 g/mol. The maximum absolute atomic E-state index is 7.78. The summed E-state index contributed by atoms with van der Waals surface area (Å²) in [5.74, 6) is -2.14. The number of hydrogen-bond acceptors (Lipinski definition) is 0. The van der Waals surface area contributed by atoms with E-state index in [1.54, 1.807) is 0 Å². The van der Waals surface area contributed by atoms with Gasteiger partial charge in [-0.1, -0.05) is 0 Å². The molecule has 0 aromatic heterocycles. The van der Waals surface area contributed by atoms with Gasteiger partial charge in [0.2, 0.25) is 0 Å². The molecule has 0 rings (SSSR count). The van der Waals surface area contributed by atoms with Crippen LogP contribution in [0.3, 0.4) is 0 Å². The van der Waals surface area contributed by atoms with Crippen molar-refractivity contribution in [3.8, 4) is 0 Å². The molecule has 0 heterocycles. The number of halogens is 1. The summed E-state index contributed by atoms with van der Waals surface area (Å²) in [7, 11) is 0. The first-order valence-corrected chi connectivity index (χ1v) is 17.3. The van der Waals surface area contributed by atoms with Crippen molar-refractivity contribution in [2.45, 2.75) is 136 Å². The molecular formula is C27H56ClP. The quantitative estimate of drug-likeness (QED) is 0.0830. The van der Waals surface area contributed by atoms with E-state index in [0.29, 0.717) is 0 Å². The third kappa shape index (κ3) is 15.8. The van der Waals surface area contributed by atoms with Crippen molar-refractivity contribution in [1.82, 2.24) is 0 Å². The zero-order chi connectivity index (χ0) is 21.7. The Kier molecular flexibility index (Phi) is 19.5. The maximum atomic E-state index is 7.78. The molecule has 29 heavy (non-hydrogen) atoms. The fourth-order valence-corrected chi connectivity index (χ4v) is 11.1. The summed E-state index contributed by atoms with van der Waals surface area (Å²) in [6.07, 6.45) is 32.1. The molecule has 0 aliphatic rings. The van der Waals surface area contributed by atoms with Crippen molar-refractivity contribution in [3.05, 3.63) is 12.7 Å². The Morgan fingerprint density at radius 1 is 0.517 bits per heavy atom. The minimum atomic E-state index is -2.14. The van der Waals surface area contributed by atoms with Crippen LogP contribution in [-0.4, -0.2) is 24.6 Å². The Balaban J connectivity index is 4.69. The van der Waals surface area contributed by atoms with Crippen molar-refractivity contribution in [2.24, 2.45) is 0 Å². The van der Waals surface area contributed by atoms with Gasteiger partial charge in [0.05, 0.1) is 0 Å². The molecule has 0 atom stereocenters. The molecule has 176 valence electrons. The van der Waals surface area contributed by atoms with Gasteiger partial charge in [0.25, 0.3) is 0 Å². The van der Waals surface area contributed by atoms with Gasteiger partial charge in [0.1, 0.15) is 0 Å². The summed E-state index contributed by atoms with van der Waals surface area (Å²) in [5.41, 5.74) is 0. The minimum absolute atomic E-state index is 1.12. The van der Waals surface area contributed by atoms with Crippen LogP contribution in [0.4, 0.5) is 0 Å². The van der Waals surface area contributed by atoms with E-state index in [-0.39, 0.29) is 0 Å². The molecule has 0 amide bonds. The van der Waals surface area contributed by atoms with Gasteiger partial charge in [-0.25, -0.2) is 0 Å². The SMILES string of the molecule is C=CCP(Cl)(CCCCCCCC)(CCCCCCCC)CCCCCCCC.